The summed E-state index contributed by atoms with van der Waals surface area (Å²) < 4.78 is 19.8. The highest BCUT2D eigenvalue weighted by Gasteiger charge is 2.06. The van der Waals surface area contributed by atoms with Crippen molar-refractivity contribution in [1.82, 2.24) is 0 Å². The molecule has 0 unspecified atom stereocenters. The van der Waals surface area contributed by atoms with Gasteiger partial charge in [0.1, 0.15) is 18.2 Å². The van der Waals surface area contributed by atoms with E-state index < -0.39 is 0 Å². The van der Waals surface area contributed by atoms with Crippen molar-refractivity contribution in [2.24, 2.45) is 0 Å². The maximum Gasteiger partial charge on any atom is 0.134 e. The molecule has 0 saturated heterocycles. The highest BCUT2D eigenvalue weighted by atomic mass is 79.9. The number of benzene rings is 3. The van der Waals surface area contributed by atoms with Gasteiger partial charge in [0.15, 0.2) is 0 Å². The molecule has 3 rings (SSSR count). The second kappa shape index (κ2) is 8.66. The van der Waals surface area contributed by atoms with Gasteiger partial charge in [0.25, 0.3) is 0 Å². The first-order valence-electron chi connectivity index (χ1n) is 8.41. The molecule has 0 aliphatic rings. The Morgan fingerprint density at radius 1 is 1.11 bits per heavy atom. The quantitative estimate of drug-likeness (QED) is 0.346. The zero-order valence-electron chi connectivity index (χ0n) is 14.7. The molecule has 0 N–H and O–H groups in total. The van der Waals surface area contributed by atoms with Crippen LogP contribution in [0.5, 0.6) is 5.75 Å². The summed E-state index contributed by atoms with van der Waals surface area (Å²) in [6, 6.07) is 22.0. The van der Waals surface area contributed by atoms with Gasteiger partial charge < -0.3 is 4.74 Å². The largest absolute Gasteiger partial charge is 0.488 e. The van der Waals surface area contributed by atoms with Crippen LogP contribution in [0.15, 0.2) is 71.2 Å². The topological polar surface area (TPSA) is 33.0 Å². The van der Waals surface area contributed by atoms with E-state index in [4.69, 9.17) is 4.74 Å². The number of hydrogen-bond donors (Lipinski definition) is 0. The van der Waals surface area contributed by atoms with Gasteiger partial charge in [-0.15, -0.1) is 0 Å². The fraction of sp³-hybridized carbons (Fsp3) is 0.0870. The van der Waals surface area contributed by atoms with E-state index in [0.717, 1.165) is 26.7 Å². The van der Waals surface area contributed by atoms with Crippen LogP contribution in [0.4, 0.5) is 4.39 Å². The fourth-order valence-corrected chi connectivity index (χ4v) is 3.10. The lowest BCUT2D eigenvalue weighted by Crippen LogP contribution is -1.96. The van der Waals surface area contributed by atoms with Gasteiger partial charge >= 0.3 is 0 Å². The van der Waals surface area contributed by atoms with Crippen LogP contribution in [-0.4, -0.2) is 0 Å². The Balaban J connectivity index is 1.77. The van der Waals surface area contributed by atoms with Crippen molar-refractivity contribution in [2.45, 2.75) is 13.5 Å². The third kappa shape index (κ3) is 5.06. The summed E-state index contributed by atoms with van der Waals surface area (Å²) >= 11 is 3.50. The van der Waals surface area contributed by atoms with Gasteiger partial charge in [-0.1, -0.05) is 48.0 Å². The first-order chi connectivity index (χ1) is 13.0. The lowest BCUT2D eigenvalue weighted by atomic mass is 10.0. The average Bonchev–Trinajstić information content (AvgIpc) is 2.66. The highest BCUT2D eigenvalue weighted by molar-refractivity contribution is 9.10. The van der Waals surface area contributed by atoms with Gasteiger partial charge in [0, 0.05) is 0 Å². The standard InChI is InChI=1S/C23H17BrFNO/c1-16-5-8-19(9-6-16)20(14-26)11-17-7-10-23(22(24)13-17)27-15-18-3-2-4-21(25)12-18/h2-13H,15H2,1H3/b20-11+. The number of hydrogen-bond acceptors (Lipinski definition) is 2. The number of nitrogens with zero attached hydrogens (tertiary/aromatic N) is 1. The monoisotopic (exact) mass is 421 g/mol. The number of ether oxygens (including phenoxy) is 1. The Kier molecular flexibility index (Phi) is 6.05. The molecular weight excluding hydrogens is 405 g/mol. The Morgan fingerprint density at radius 3 is 2.56 bits per heavy atom. The molecule has 0 bridgehead atoms. The molecule has 0 aliphatic heterocycles. The molecule has 27 heavy (non-hydrogen) atoms. The SMILES string of the molecule is Cc1ccc(/C(C#N)=C/c2ccc(OCc3cccc(F)c3)c(Br)c2)cc1. The van der Waals surface area contributed by atoms with Crippen LogP contribution in [-0.2, 0) is 6.61 Å². The third-order valence-corrected chi connectivity index (χ3v) is 4.65. The minimum atomic E-state index is -0.282. The summed E-state index contributed by atoms with van der Waals surface area (Å²) in [5.74, 6) is 0.376. The highest BCUT2D eigenvalue weighted by Crippen LogP contribution is 2.29. The second-order valence-electron chi connectivity index (χ2n) is 6.14. The van der Waals surface area contributed by atoms with Crippen LogP contribution in [0.25, 0.3) is 11.6 Å². The molecule has 0 spiro atoms. The number of rotatable bonds is 5. The summed E-state index contributed by atoms with van der Waals surface area (Å²) in [5.41, 5.74) is 4.27. The molecule has 0 radical (unpaired) electrons. The molecule has 0 saturated carbocycles. The van der Waals surface area contributed by atoms with E-state index in [1.54, 1.807) is 6.07 Å². The minimum absolute atomic E-state index is 0.276. The smallest absolute Gasteiger partial charge is 0.134 e. The molecule has 3 aromatic rings. The van der Waals surface area contributed by atoms with E-state index >= 15 is 0 Å². The van der Waals surface area contributed by atoms with E-state index in [0.29, 0.717) is 11.3 Å². The number of allylic oxidation sites excluding steroid dienone is 1. The number of halogens is 2. The van der Waals surface area contributed by atoms with E-state index in [1.165, 1.54) is 12.1 Å². The van der Waals surface area contributed by atoms with Gasteiger partial charge in [-0.05, 0) is 69.9 Å². The van der Waals surface area contributed by atoms with E-state index in [1.807, 2.05) is 61.5 Å². The molecule has 4 heteroatoms. The van der Waals surface area contributed by atoms with Gasteiger partial charge in [-0.3, -0.25) is 0 Å². The van der Waals surface area contributed by atoms with Gasteiger partial charge in [0.05, 0.1) is 16.1 Å². The predicted molar refractivity (Wildman–Crippen MR) is 110 cm³/mol. The lowest BCUT2D eigenvalue weighted by molar-refractivity contribution is 0.303. The fourth-order valence-electron chi connectivity index (χ4n) is 2.59. The summed E-state index contributed by atoms with van der Waals surface area (Å²) in [6.45, 7) is 2.29. The van der Waals surface area contributed by atoms with Crippen molar-refractivity contribution in [1.29, 1.82) is 5.26 Å². The van der Waals surface area contributed by atoms with Gasteiger partial charge in [0.2, 0.25) is 0 Å². The maximum atomic E-state index is 13.2. The Labute approximate surface area is 166 Å². The Bertz CT molecular complexity index is 1020. The molecule has 0 heterocycles. The molecule has 0 fully saturated rings. The molecule has 2 nitrogen and oxygen atoms in total. The summed E-state index contributed by atoms with van der Waals surface area (Å²) in [6.07, 6.45) is 1.84. The van der Waals surface area contributed by atoms with Crippen LogP contribution in [0, 0.1) is 24.1 Å². The number of nitriles is 1. The Morgan fingerprint density at radius 2 is 1.89 bits per heavy atom. The summed E-state index contributed by atoms with van der Waals surface area (Å²) in [5, 5.41) is 9.48. The third-order valence-electron chi connectivity index (χ3n) is 4.03. The van der Waals surface area contributed by atoms with E-state index in [9.17, 15) is 9.65 Å². The molecule has 134 valence electrons. The van der Waals surface area contributed by atoms with E-state index in [-0.39, 0.29) is 12.4 Å². The zero-order chi connectivity index (χ0) is 19.2. The van der Waals surface area contributed by atoms with Crippen LogP contribution >= 0.6 is 15.9 Å². The Hall–Kier alpha value is -2.90. The van der Waals surface area contributed by atoms with Crippen molar-refractivity contribution in [3.63, 3.8) is 0 Å². The minimum Gasteiger partial charge on any atom is -0.488 e. The van der Waals surface area contributed by atoms with Crippen LogP contribution < -0.4 is 4.74 Å². The molecule has 0 amide bonds. The van der Waals surface area contributed by atoms with Crippen LogP contribution in [0.1, 0.15) is 22.3 Å². The molecular formula is C23H17BrFNO. The summed E-state index contributed by atoms with van der Waals surface area (Å²) in [7, 11) is 0. The zero-order valence-corrected chi connectivity index (χ0v) is 16.3. The molecule has 0 atom stereocenters. The van der Waals surface area contributed by atoms with Crippen molar-refractivity contribution in [2.75, 3.05) is 0 Å². The molecule has 0 aliphatic carbocycles. The number of aryl methyl sites for hydroxylation is 1. The first kappa shape index (κ1) is 18.9. The average molecular weight is 422 g/mol. The van der Waals surface area contributed by atoms with Gasteiger partial charge in [-0.25, -0.2) is 4.39 Å². The van der Waals surface area contributed by atoms with Crippen molar-refractivity contribution >= 4 is 27.6 Å². The lowest BCUT2D eigenvalue weighted by Gasteiger charge is -2.09. The first-order valence-corrected chi connectivity index (χ1v) is 9.20. The molecule has 0 aromatic heterocycles. The van der Waals surface area contributed by atoms with Crippen LogP contribution in [0.2, 0.25) is 0 Å². The summed E-state index contributed by atoms with van der Waals surface area (Å²) in [4.78, 5) is 0. The van der Waals surface area contributed by atoms with Crippen molar-refractivity contribution in [3.8, 4) is 11.8 Å². The van der Waals surface area contributed by atoms with Crippen molar-refractivity contribution < 1.29 is 9.13 Å². The molecule has 3 aromatic carbocycles. The van der Waals surface area contributed by atoms with Crippen molar-refractivity contribution in [3.05, 3.63) is 99.3 Å². The van der Waals surface area contributed by atoms with Gasteiger partial charge in [-0.2, -0.15) is 5.26 Å². The predicted octanol–water partition coefficient (Wildman–Crippen LogP) is 6.54. The normalized spacial score (nSPS) is 11.1. The second-order valence-corrected chi connectivity index (χ2v) is 7.00. The maximum absolute atomic E-state index is 13.2. The van der Waals surface area contributed by atoms with E-state index in [2.05, 4.69) is 22.0 Å². The van der Waals surface area contributed by atoms with Crippen LogP contribution in [0.3, 0.4) is 0 Å².